The molecule has 0 aliphatic rings. The Balaban J connectivity index is 1.79. The van der Waals surface area contributed by atoms with E-state index in [1.165, 1.54) is 54.2 Å². The summed E-state index contributed by atoms with van der Waals surface area (Å²) in [6.07, 6.45) is 0. The van der Waals surface area contributed by atoms with E-state index < -0.39 is 0 Å². The van der Waals surface area contributed by atoms with Gasteiger partial charge in [-0.15, -0.1) is 0 Å². The molecule has 29 heavy (non-hydrogen) atoms. The minimum Gasteiger partial charge on any atom is -0.0616 e. The quantitative estimate of drug-likeness (QED) is 0.228. The van der Waals surface area contributed by atoms with E-state index in [0.717, 1.165) is 4.47 Å². The number of benzene rings is 6. The van der Waals surface area contributed by atoms with Crippen LogP contribution in [0.2, 0.25) is 0 Å². The zero-order chi connectivity index (χ0) is 19.4. The molecular weight excluding hydrogens is 416 g/mol. The van der Waals surface area contributed by atoms with Crippen LogP contribution in [0.3, 0.4) is 0 Å². The highest BCUT2D eigenvalue weighted by Crippen LogP contribution is 2.40. The highest BCUT2D eigenvalue weighted by atomic mass is 79.9. The van der Waals surface area contributed by atoms with E-state index in [0.29, 0.717) is 0 Å². The molecule has 0 N–H and O–H groups in total. The molecule has 0 amide bonds. The molecule has 0 nitrogen and oxygen atoms in total. The van der Waals surface area contributed by atoms with Crippen molar-refractivity contribution in [1.29, 1.82) is 0 Å². The molecule has 6 aromatic carbocycles. The maximum atomic E-state index is 3.79. The van der Waals surface area contributed by atoms with Crippen LogP contribution < -0.4 is 0 Å². The molecule has 0 aromatic heterocycles. The van der Waals surface area contributed by atoms with Crippen LogP contribution in [0.5, 0.6) is 0 Å². The zero-order valence-electron chi connectivity index (χ0n) is 15.7. The predicted molar refractivity (Wildman–Crippen MR) is 130 cm³/mol. The SMILES string of the molecule is Brc1cc2c3ccccc3c(-c3ccc4ccccc4c3)cc2c2ccccc12. The topological polar surface area (TPSA) is 0 Å². The molecule has 0 saturated carbocycles. The van der Waals surface area contributed by atoms with E-state index in [2.05, 4.69) is 119 Å². The molecule has 0 fully saturated rings. The van der Waals surface area contributed by atoms with Gasteiger partial charge in [-0.25, -0.2) is 0 Å². The van der Waals surface area contributed by atoms with Gasteiger partial charge in [0.25, 0.3) is 0 Å². The van der Waals surface area contributed by atoms with Crippen molar-refractivity contribution in [1.82, 2.24) is 0 Å². The molecule has 1 heteroatoms. The van der Waals surface area contributed by atoms with E-state index in [1.54, 1.807) is 0 Å². The van der Waals surface area contributed by atoms with Crippen molar-refractivity contribution in [3.05, 3.63) is 108 Å². The Labute approximate surface area is 177 Å². The third-order valence-electron chi connectivity index (χ3n) is 5.89. The minimum absolute atomic E-state index is 1.14. The molecule has 0 aliphatic carbocycles. The Morgan fingerprint density at radius 1 is 0.414 bits per heavy atom. The summed E-state index contributed by atoms with van der Waals surface area (Å²) in [5.74, 6) is 0. The molecule has 0 spiro atoms. The first-order chi connectivity index (χ1) is 14.3. The molecule has 0 unspecified atom stereocenters. The number of hydrogen-bond acceptors (Lipinski definition) is 0. The largest absolute Gasteiger partial charge is 0.0616 e. The lowest BCUT2D eigenvalue weighted by atomic mass is 9.90. The van der Waals surface area contributed by atoms with E-state index in [4.69, 9.17) is 0 Å². The minimum atomic E-state index is 1.14. The highest BCUT2D eigenvalue weighted by Gasteiger charge is 2.12. The van der Waals surface area contributed by atoms with Crippen LogP contribution in [0.25, 0.3) is 54.2 Å². The van der Waals surface area contributed by atoms with E-state index in [9.17, 15) is 0 Å². The third-order valence-corrected chi connectivity index (χ3v) is 6.55. The van der Waals surface area contributed by atoms with Crippen LogP contribution in [-0.4, -0.2) is 0 Å². The fourth-order valence-corrected chi connectivity index (χ4v) is 5.08. The average Bonchev–Trinajstić information content (AvgIpc) is 2.79. The summed E-state index contributed by atoms with van der Waals surface area (Å²) in [7, 11) is 0. The third kappa shape index (κ3) is 2.58. The smallest absolute Gasteiger partial charge is 0.0260 e. The number of fused-ring (bicyclic) bond motifs is 6. The summed E-state index contributed by atoms with van der Waals surface area (Å²) in [4.78, 5) is 0. The van der Waals surface area contributed by atoms with Crippen LogP contribution in [0, 0.1) is 0 Å². The van der Waals surface area contributed by atoms with Crippen molar-refractivity contribution >= 4 is 59.0 Å². The molecule has 0 aliphatic heterocycles. The molecule has 6 aromatic rings. The number of hydrogen-bond donors (Lipinski definition) is 0. The lowest BCUT2D eigenvalue weighted by molar-refractivity contribution is 1.69. The lowest BCUT2D eigenvalue weighted by Crippen LogP contribution is -1.87. The Kier molecular flexibility index (Phi) is 3.72. The molecular formula is C28H17Br. The maximum Gasteiger partial charge on any atom is 0.0260 e. The highest BCUT2D eigenvalue weighted by molar-refractivity contribution is 9.10. The van der Waals surface area contributed by atoms with Crippen molar-refractivity contribution in [2.24, 2.45) is 0 Å². The van der Waals surface area contributed by atoms with Gasteiger partial charge in [0.1, 0.15) is 0 Å². The Hall–Kier alpha value is -3.16. The summed E-state index contributed by atoms with van der Waals surface area (Å²) in [6, 6.07) is 37.4. The molecule has 6 rings (SSSR count). The van der Waals surface area contributed by atoms with Crippen molar-refractivity contribution in [2.75, 3.05) is 0 Å². The zero-order valence-corrected chi connectivity index (χ0v) is 17.3. The monoisotopic (exact) mass is 432 g/mol. The standard InChI is InChI=1S/C28H17Br/c29-28-17-27-22-10-4-3-9-21(22)25(16-26(27)23-11-5-6-12-24(23)28)20-14-13-18-7-1-2-8-19(18)15-20/h1-17H. The first-order valence-electron chi connectivity index (χ1n) is 9.81. The van der Waals surface area contributed by atoms with Crippen LogP contribution in [0.15, 0.2) is 108 Å². The molecule has 0 saturated heterocycles. The maximum absolute atomic E-state index is 3.79. The number of rotatable bonds is 1. The van der Waals surface area contributed by atoms with Crippen molar-refractivity contribution < 1.29 is 0 Å². The van der Waals surface area contributed by atoms with Crippen molar-refractivity contribution in [2.45, 2.75) is 0 Å². The van der Waals surface area contributed by atoms with Gasteiger partial charge in [-0.2, -0.15) is 0 Å². The summed E-state index contributed by atoms with van der Waals surface area (Å²) < 4.78 is 1.14. The van der Waals surface area contributed by atoms with Crippen LogP contribution in [-0.2, 0) is 0 Å². The fraction of sp³-hybridized carbons (Fsp3) is 0. The Bertz CT molecular complexity index is 1560. The van der Waals surface area contributed by atoms with Crippen molar-refractivity contribution in [3.8, 4) is 11.1 Å². The predicted octanol–water partition coefficient (Wildman–Crippen LogP) is 8.73. The summed E-state index contributed by atoms with van der Waals surface area (Å²) in [5, 5.41) is 10.2. The van der Waals surface area contributed by atoms with Gasteiger partial charge in [0, 0.05) is 4.47 Å². The second kappa shape index (κ2) is 6.43. The first kappa shape index (κ1) is 16.8. The second-order valence-corrected chi connectivity index (χ2v) is 8.39. The molecule has 136 valence electrons. The van der Waals surface area contributed by atoms with Crippen molar-refractivity contribution in [3.63, 3.8) is 0 Å². The van der Waals surface area contributed by atoms with Gasteiger partial charge in [0.2, 0.25) is 0 Å². The Morgan fingerprint density at radius 3 is 1.79 bits per heavy atom. The van der Waals surface area contributed by atoms with Crippen LogP contribution in [0.4, 0.5) is 0 Å². The average molecular weight is 433 g/mol. The first-order valence-corrected chi connectivity index (χ1v) is 10.6. The molecule has 0 heterocycles. The number of halogens is 1. The van der Waals surface area contributed by atoms with Gasteiger partial charge in [0.05, 0.1) is 0 Å². The lowest BCUT2D eigenvalue weighted by Gasteiger charge is -2.14. The second-order valence-electron chi connectivity index (χ2n) is 7.53. The Morgan fingerprint density at radius 2 is 1.00 bits per heavy atom. The van der Waals surface area contributed by atoms with E-state index in [-0.39, 0.29) is 0 Å². The van der Waals surface area contributed by atoms with Gasteiger partial charge in [-0.1, -0.05) is 101 Å². The van der Waals surface area contributed by atoms with Crippen LogP contribution >= 0.6 is 15.9 Å². The van der Waals surface area contributed by atoms with Gasteiger partial charge in [-0.05, 0) is 72.4 Å². The molecule has 0 radical (unpaired) electrons. The van der Waals surface area contributed by atoms with Gasteiger partial charge >= 0.3 is 0 Å². The summed E-state index contributed by atoms with van der Waals surface area (Å²) >= 11 is 3.79. The summed E-state index contributed by atoms with van der Waals surface area (Å²) in [5.41, 5.74) is 2.54. The van der Waals surface area contributed by atoms with Gasteiger partial charge < -0.3 is 0 Å². The van der Waals surface area contributed by atoms with Gasteiger partial charge in [-0.3, -0.25) is 0 Å². The van der Waals surface area contributed by atoms with E-state index >= 15 is 0 Å². The molecule has 0 atom stereocenters. The van der Waals surface area contributed by atoms with Gasteiger partial charge in [0.15, 0.2) is 0 Å². The normalized spacial score (nSPS) is 11.6. The van der Waals surface area contributed by atoms with E-state index in [1.807, 2.05) is 0 Å². The van der Waals surface area contributed by atoms with Crippen LogP contribution in [0.1, 0.15) is 0 Å². The molecule has 0 bridgehead atoms. The fourth-order valence-electron chi connectivity index (χ4n) is 4.50. The summed E-state index contributed by atoms with van der Waals surface area (Å²) in [6.45, 7) is 0.